The maximum atomic E-state index is 5.75. The molecule has 0 aromatic rings. The summed E-state index contributed by atoms with van der Waals surface area (Å²) in [5.74, 6) is 0. The summed E-state index contributed by atoms with van der Waals surface area (Å²) >= 11 is 0. The van der Waals surface area contributed by atoms with Gasteiger partial charge in [-0.15, -0.1) is 0 Å². The Morgan fingerprint density at radius 1 is 0.419 bits per heavy atom. The summed E-state index contributed by atoms with van der Waals surface area (Å²) in [6.07, 6.45) is 4.16. The van der Waals surface area contributed by atoms with E-state index in [1.54, 1.807) is 0 Å². The molecule has 5 aliphatic rings. The molecular weight excluding hydrogens is 434 g/mol. The van der Waals surface area contributed by atoms with Gasteiger partial charge in [0.15, 0.2) is 0 Å². The van der Waals surface area contributed by atoms with Crippen molar-refractivity contribution in [3.63, 3.8) is 0 Å². The second-order valence-corrected chi connectivity index (χ2v) is 13.8. The lowest BCUT2D eigenvalue weighted by Crippen LogP contribution is -2.48. The van der Waals surface area contributed by atoms with Gasteiger partial charge in [0, 0.05) is 80.1 Å². The Bertz CT molecular complexity index is 459. The van der Waals surface area contributed by atoms with Crippen LogP contribution in [0.15, 0.2) is 0 Å². The minimum Gasteiger partial charge on any atom is -0.379 e. The number of morpholine rings is 4. The third-order valence-electron chi connectivity index (χ3n) is 7.15. The molecule has 8 nitrogen and oxygen atoms in total. The van der Waals surface area contributed by atoms with Gasteiger partial charge in [-0.05, 0) is 12.8 Å². The molecule has 0 aromatic carbocycles. The third kappa shape index (κ3) is 5.62. The van der Waals surface area contributed by atoms with Gasteiger partial charge in [-0.1, -0.05) is 6.42 Å². The standard InChI is InChI=1S/C21H40N4O4P2/c1-2-20(30(22-4-12-26-13-5-22)23-6-14-27-15-7-23)21(3-1)31(24-8-16-28-17-9-24)25-10-18-29-19-11-25/h20-21H,1-19H2. The highest BCUT2D eigenvalue weighted by atomic mass is 31.1. The molecule has 1 aliphatic carbocycles. The fourth-order valence-electron chi connectivity index (χ4n) is 5.69. The lowest BCUT2D eigenvalue weighted by molar-refractivity contribution is 0.0560. The molecule has 4 saturated heterocycles. The second kappa shape index (κ2) is 11.8. The molecule has 0 radical (unpaired) electrons. The van der Waals surface area contributed by atoms with E-state index in [0.717, 1.165) is 117 Å². The van der Waals surface area contributed by atoms with Crippen LogP contribution in [0.5, 0.6) is 0 Å². The van der Waals surface area contributed by atoms with Gasteiger partial charge in [0.05, 0.1) is 52.9 Å². The number of hydrogen-bond acceptors (Lipinski definition) is 8. The zero-order chi connectivity index (χ0) is 20.9. The normalized spacial score (nSPS) is 33.5. The molecule has 178 valence electrons. The fourth-order valence-corrected chi connectivity index (χ4v) is 12.8. The van der Waals surface area contributed by atoms with Gasteiger partial charge in [-0.2, -0.15) is 0 Å². The summed E-state index contributed by atoms with van der Waals surface area (Å²) in [6.45, 7) is 15.9. The van der Waals surface area contributed by atoms with Gasteiger partial charge in [0.2, 0.25) is 0 Å². The van der Waals surface area contributed by atoms with E-state index in [1.807, 2.05) is 0 Å². The Morgan fingerprint density at radius 3 is 0.935 bits per heavy atom. The quantitative estimate of drug-likeness (QED) is 0.541. The SMILES string of the molecule is C1CC(P(N2CCOCC2)N2CCOCC2)C(P(N2CCOCC2)N2CCOCC2)C1. The van der Waals surface area contributed by atoms with Crippen molar-refractivity contribution >= 4 is 16.4 Å². The van der Waals surface area contributed by atoms with Crippen molar-refractivity contribution in [3.8, 4) is 0 Å². The van der Waals surface area contributed by atoms with Crippen LogP contribution in [0.2, 0.25) is 0 Å². The van der Waals surface area contributed by atoms with Crippen LogP contribution in [0.4, 0.5) is 0 Å². The van der Waals surface area contributed by atoms with E-state index in [1.165, 1.54) is 19.3 Å². The van der Waals surface area contributed by atoms with Crippen molar-refractivity contribution in [3.05, 3.63) is 0 Å². The van der Waals surface area contributed by atoms with E-state index >= 15 is 0 Å². The highest BCUT2D eigenvalue weighted by Gasteiger charge is 2.47. The molecule has 0 aromatic heterocycles. The first-order valence-electron chi connectivity index (χ1n) is 12.3. The van der Waals surface area contributed by atoms with Crippen LogP contribution < -0.4 is 0 Å². The van der Waals surface area contributed by atoms with E-state index in [4.69, 9.17) is 18.9 Å². The monoisotopic (exact) mass is 474 g/mol. The van der Waals surface area contributed by atoms with Crippen molar-refractivity contribution in [2.24, 2.45) is 0 Å². The third-order valence-corrected chi connectivity index (χ3v) is 13.7. The van der Waals surface area contributed by atoms with E-state index < -0.39 is 0 Å². The first-order valence-corrected chi connectivity index (χ1v) is 14.9. The molecular formula is C21H40N4O4P2. The molecule has 5 rings (SSSR count). The summed E-state index contributed by atoms with van der Waals surface area (Å²) in [5.41, 5.74) is 1.59. The Hall–Kier alpha value is 0.540. The Morgan fingerprint density at radius 2 is 0.677 bits per heavy atom. The average molecular weight is 475 g/mol. The van der Waals surface area contributed by atoms with Gasteiger partial charge in [-0.25, -0.2) is 0 Å². The minimum absolute atomic E-state index is 0.305. The van der Waals surface area contributed by atoms with Gasteiger partial charge in [0.25, 0.3) is 0 Å². The van der Waals surface area contributed by atoms with Crippen LogP contribution in [-0.2, 0) is 18.9 Å². The van der Waals surface area contributed by atoms with Crippen LogP contribution in [0.3, 0.4) is 0 Å². The number of ether oxygens (including phenoxy) is 4. The largest absolute Gasteiger partial charge is 0.379 e. The van der Waals surface area contributed by atoms with Crippen molar-refractivity contribution in [1.82, 2.24) is 18.7 Å². The highest BCUT2D eigenvalue weighted by Crippen LogP contribution is 2.64. The zero-order valence-corrected chi connectivity index (χ0v) is 20.7. The highest BCUT2D eigenvalue weighted by molar-refractivity contribution is 7.58. The number of hydrogen-bond donors (Lipinski definition) is 0. The van der Waals surface area contributed by atoms with Gasteiger partial charge in [0.1, 0.15) is 0 Å². The molecule has 1 saturated carbocycles. The maximum absolute atomic E-state index is 5.75. The molecule has 0 N–H and O–H groups in total. The van der Waals surface area contributed by atoms with E-state index in [-0.39, 0.29) is 16.4 Å². The van der Waals surface area contributed by atoms with Gasteiger partial charge in [-0.3, -0.25) is 18.7 Å². The summed E-state index contributed by atoms with van der Waals surface area (Å²) < 4.78 is 34.3. The van der Waals surface area contributed by atoms with E-state index in [2.05, 4.69) is 18.7 Å². The van der Waals surface area contributed by atoms with Crippen molar-refractivity contribution in [1.29, 1.82) is 0 Å². The zero-order valence-electron chi connectivity index (χ0n) is 18.9. The molecule has 4 heterocycles. The predicted molar refractivity (Wildman–Crippen MR) is 125 cm³/mol. The van der Waals surface area contributed by atoms with Gasteiger partial charge >= 0.3 is 0 Å². The number of nitrogens with zero attached hydrogens (tertiary/aromatic N) is 4. The van der Waals surface area contributed by atoms with Crippen molar-refractivity contribution < 1.29 is 18.9 Å². The minimum atomic E-state index is -0.305. The van der Waals surface area contributed by atoms with Crippen molar-refractivity contribution in [2.45, 2.75) is 30.6 Å². The summed E-state index contributed by atoms with van der Waals surface area (Å²) in [5, 5.41) is 0. The van der Waals surface area contributed by atoms with Crippen LogP contribution >= 0.6 is 16.4 Å². The predicted octanol–water partition coefficient (Wildman–Crippen LogP) is 1.86. The smallest absolute Gasteiger partial charge is 0.0597 e. The molecule has 4 aliphatic heterocycles. The topological polar surface area (TPSA) is 49.9 Å². The second-order valence-electron chi connectivity index (χ2n) is 8.97. The van der Waals surface area contributed by atoms with E-state index in [9.17, 15) is 0 Å². The van der Waals surface area contributed by atoms with Crippen LogP contribution in [0.1, 0.15) is 19.3 Å². The van der Waals surface area contributed by atoms with Crippen molar-refractivity contribution in [2.75, 3.05) is 105 Å². The summed E-state index contributed by atoms with van der Waals surface area (Å²) in [6, 6.07) is 0. The molecule has 0 bridgehead atoms. The van der Waals surface area contributed by atoms with Crippen LogP contribution in [0, 0.1) is 0 Å². The fraction of sp³-hybridized carbons (Fsp3) is 1.00. The molecule has 0 spiro atoms. The molecule has 5 fully saturated rings. The molecule has 10 heteroatoms. The Kier molecular flexibility index (Phi) is 8.86. The lowest BCUT2D eigenvalue weighted by Gasteiger charge is -2.51. The summed E-state index contributed by atoms with van der Waals surface area (Å²) in [4.78, 5) is 0. The molecule has 0 amide bonds. The molecule has 2 atom stereocenters. The first-order chi connectivity index (χ1) is 15.4. The van der Waals surface area contributed by atoms with Crippen LogP contribution in [-0.4, -0.2) is 135 Å². The van der Waals surface area contributed by atoms with E-state index in [0.29, 0.717) is 0 Å². The molecule has 2 unspecified atom stereocenters. The molecule has 31 heavy (non-hydrogen) atoms. The average Bonchev–Trinajstić information content (AvgIpc) is 3.31. The Labute approximate surface area is 190 Å². The first kappa shape index (κ1) is 23.3. The number of rotatable bonds is 6. The Balaban J connectivity index is 1.40. The summed E-state index contributed by atoms with van der Waals surface area (Å²) in [7, 11) is -0.610. The van der Waals surface area contributed by atoms with Crippen LogP contribution in [0.25, 0.3) is 0 Å². The lowest BCUT2D eigenvalue weighted by atomic mass is 10.4. The maximum Gasteiger partial charge on any atom is 0.0597 e. The van der Waals surface area contributed by atoms with Gasteiger partial charge < -0.3 is 18.9 Å².